The van der Waals surface area contributed by atoms with E-state index in [2.05, 4.69) is 22.0 Å². The monoisotopic (exact) mass is 381 g/mol. The predicted octanol–water partition coefficient (Wildman–Crippen LogP) is 3.37. The molecule has 5 heteroatoms. The van der Waals surface area contributed by atoms with Gasteiger partial charge in [0.1, 0.15) is 5.82 Å². The summed E-state index contributed by atoms with van der Waals surface area (Å²) in [5.74, 6) is 1.74. The van der Waals surface area contributed by atoms with Crippen molar-refractivity contribution in [3.8, 4) is 11.4 Å². The van der Waals surface area contributed by atoms with Gasteiger partial charge >= 0.3 is 0 Å². The van der Waals surface area contributed by atoms with Gasteiger partial charge < -0.3 is 10.1 Å². The molecule has 2 aliphatic rings. The zero-order chi connectivity index (χ0) is 19.3. The zero-order valence-electron chi connectivity index (χ0n) is 16.6. The van der Waals surface area contributed by atoms with Crippen molar-refractivity contribution in [3.63, 3.8) is 0 Å². The number of benzene rings is 1. The first-order chi connectivity index (χ1) is 13.7. The summed E-state index contributed by atoms with van der Waals surface area (Å²) < 4.78 is 0. The summed E-state index contributed by atoms with van der Waals surface area (Å²) in [5.41, 5.74) is 3.04. The van der Waals surface area contributed by atoms with E-state index in [0.717, 1.165) is 50.2 Å². The summed E-state index contributed by atoms with van der Waals surface area (Å²) in [7, 11) is 0. The summed E-state index contributed by atoms with van der Waals surface area (Å²) in [6, 6.07) is 10.00. The normalized spacial score (nSPS) is 21.2. The van der Waals surface area contributed by atoms with Crippen molar-refractivity contribution < 1.29 is 5.11 Å². The summed E-state index contributed by atoms with van der Waals surface area (Å²) in [5, 5.41) is 9.45. The van der Waals surface area contributed by atoms with Crippen molar-refractivity contribution in [3.05, 3.63) is 51.9 Å². The van der Waals surface area contributed by atoms with Gasteiger partial charge in [-0.05, 0) is 49.3 Å². The lowest BCUT2D eigenvalue weighted by Crippen LogP contribution is -2.36. The molecule has 150 valence electrons. The summed E-state index contributed by atoms with van der Waals surface area (Å²) in [4.78, 5) is 22.3. The van der Waals surface area contributed by atoms with Gasteiger partial charge in [0, 0.05) is 37.0 Å². The fourth-order valence-electron chi connectivity index (χ4n) is 4.78. The van der Waals surface area contributed by atoms with Gasteiger partial charge in [-0.3, -0.25) is 9.69 Å². The number of aromatic amines is 1. The Morgan fingerprint density at radius 2 is 1.93 bits per heavy atom. The van der Waals surface area contributed by atoms with Crippen LogP contribution in [0.5, 0.6) is 0 Å². The molecule has 28 heavy (non-hydrogen) atoms. The molecular formula is C23H31N3O2. The minimum Gasteiger partial charge on any atom is -0.396 e. The molecular weight excluding hydrogens is 350 g/mol. The van der Waals surface area contributed by atoms with Crippen LogP contribution >= 0.6 is 0 Å². The molecule has 5 nitrogen and oxygen atoms in total. The highest BCUT2D eigenvalue weighted by molar-refractivity contribution is 5.56. The highest BCUT2D eigenvalue weighted by Crippen LogP contribution is 2.28. The molecule has 0 bridgehead atoms. The van der Waals surface area contributed by atoms with Crippen LogP contribution in [-0.2, 0) is 13.0 Å². The smallest absolute Gasteiger partial charge is 0.251 e. The fourth-order valence-corrected chi connectivity index (χ4v) is 4.78. The van der Waals surface area contributed by atoms with E-state index in [4.69, 9.17) is 4.98 Å². The fraction of sp³-hybridized carbons (Fsp3) is 0.565. The quantitative estimate of drug-likeness (QED) is 0.805. The minimum atomic E-state index is -0.0646. The molecule has 1 saturated heterocycles. The van der Waals surface area contributed by atoms with E-state index < -0.39 is 0 Å². The molecule has 4 rings (SSSR count). The average Bonchev–Trinajstić information content (AvgIpc) is 3.21. The van der Waals surface area contributed by atoms with Crippen molar-refractivity contribution >= 4 is 0 Å². The Balaban J connectivity index is 1.50. The summed E-state index contributed by atoms with van der Waals surface area (Å²) in [6.07, 6.45) is 8.28. The second kappa shape index (κ2) is 9.01. The Morgan fingerprint density at radius 3 is 2.75 bits per heavy atom. The number of aliphatic hydroxyl groups is 1. The van der Waals surface area contributed by atoms with Crippen molar-refractivity contribution in [1.29, 1.82) is 0 Å². The molecule has 0 amide bonds. The molecule has 1 atom stereocenters. The number of piperidine rings is 1. The topological polar surface area (TPSA) is 69.2 Å². The maximum absolute atomic E-state index is 12.2. The Hall–Kier alpha value is -1.98. The molecule has 1 aliphatic heterocycles. The standard InChI is InChI=1S/C23H31N3O2/c27-16-19-8-4-10-26(15-19)14-18-7-3-9-20(11-18)23-24-21(13-22(28)25-23)12-17-5-1-2-6-17/h3,7,9,11,13,17,19,27H,1-2,4-6,8,10,12,14-16H2,(H,24,25,28). The molecule has 2 heterocycles. The van der Waals surface area contributed by atoms with Crippen LogP contribution in [0.2, 0.25) is 0 Å². The first kappa shape index (κ1) is 19.3. The number of nitrogens with one attached hydrogen (secondary N) is 1. The van der Waals surface area contributed by atoms with Crippen LogP contribution in [0.15, 0.2) is 35.1 Å². The molecule has 2 aromatic rings. The lowest BCUT2D eigenvalue weighted by atomic mass is 9.98. The van der Waals surface area contributed by atoms with E-state index in [0.29, 0.717) is 17.7 Å². The molecule has 0 radical (unpaired) electrons. The largest absolute Gasteiger partial charge is 0.396 e. The third-order valence-corrected chi connectivity index (χ3v) is 6.24. The number of aliphatic hydroxyl groups excluding tert-OH is 1. The van der Waals surface area contributed by atoms with Crippen LogP contribution in [0.4, 0.5) is 0 Å². The molecule has 1 aliphatic carbocycles. The second-order valence-electron chi connectivity index (χ2n) is 8.57. The molecule has 2 fully saturated rings. The molecule has 1 unspecified atom stereocenters. The maximum Gasteiger partial charge on any atom is 0.251 e. The predicted molar refractivity (Wildman–Crippen MR) is 111 cm³/mol. The Morgan fingerprint density at radius 1 is 1.11 bits per heavy atom. The van der Waals surface area contributed by atoms with E-state index in [-0.39, 0.29) is 12.2 Å². The van der Waals surface area contributed by atoms with Crippen molar-refractivity contribution in [2.45, 2.75) is 51.5 Å². The number of hydrogen-bond acceptors (Lipinski definition) is 4. The van der Waals surface area contributed by atoms with Crippen LogP contribution in [0.25, 0.3) is 11.4 Å². The van der Waals surface area contributed by atoms with E-state index >= 15 is 0 Å². The Labute approximate surface area is 166 Å². The molecule has 2 N–H and O–H groups in total. The molecule has 0 spiro atoms. The SMILES string of the molecule is O=c1cc(CC2CCCC2)nc(-c2cccc(CN3CCCC(CO)C3)c2)[nH]1. The van der Waals surface area contributed by atoms with Crippen LogP contribution < -0.4 is 5.56 Å². The lowest BCUT2D eigenvalue weighted by Gasteiger charge is -2.31. The van der Waals surface area contributed by atoms with Gasteiger partial charge in [0.2, 0.25) is 0 Å². The van der Waals surface area contributed by atoms with E-state index in [9.17, 15) is 9.90 Å². The van der Waals surface area contributed by atoms with Gasteiger partial charge in [0.05, 0.1) is 0 Å². The molecule has 1 aromatic heterocycles. The van der Waals surface area contributed by atoms with Gasteiger partial charge in [-0.1, -0.05) is 43.9 Å². The number of rotatable bonds is 6. The van der Waals surface area contributed by atoms with Crippen molar-refractivity contribution in [2.24, 2.45) is 11.8 Å². The van der Waals surface area contributed by atoms with E-state index in [1.807, 2.05) is 12.1 Å². The van der Waals surface area contributed by atoms with Gasteiger partial charge in [-0.15, -0.1) is 0 Å². The van der Waals surface area contributed by atoms with Gasteiger partial charge in [-0.2, -0.15) is 0 Å². The number of nitrogens with zero attached hydrogens (tertiary/aromatic N) is 2. The lowest BCUT2D eigenvalue weighted by molar-refractivity contribution is 0.116. The molecule has 1 saturated carbocycles. The van der Waals surface area contributed by atoms with Crippen LogP contribution in [0, 0.1) is 11.8 Å². The number of hydrogen-bond donors (Lipinski definition) is 2. The zero-order valence-corrected chi connectivity index (χ0v) is 16.6. The Bertz CT molecular complexity index is 842. The maximum atomic E-state index is 12.2. The van der Waals surface area contributed by atoms with Gasteiger partial charge in [0.15, 0.2) is 0 Å². The van der Waals surface area contributed by atoms with Gasteiger partial charge in [0.25, 0.3) is 5.56 Å². The van der Waals surface area contributed by atoms with Gasteiger partial charge in [-0.25, -0.2) is 4.98 Å². The minimum absolute atomic E-state index is 0.0646. The van der Waals surface area contributed by atoms with Crippen molar-refractivity contribution in [1.82, 2.24) is 14.9 Å². The van der Waals surface area contributed by atoms with Crippen LogP contribution in [0.1, 0.15) is 49.8 Å². The third kappa shape index (κ3) is 4.89. The summed E-state index contributed by atoms with van der Waals surface area (Å²) >= 11 is 0. The highest BCUT2D eigenvalue weighted by atomic mass is 16.3. The second-order valence-corrected chi connectivity index (χ2v) is 8.57. The number of H-pyrrole nitrogens is 1. The van der Waals surface area contributed by atoms with Crippen molar-refractivity contribution in [2.75, 3.05) is 19.7 Å². The summed E-state index contributed by atoms with van der Waals surface area (Å²) in [6.45, 7) is 3.17. The van der Waals surface area contributed by atoms with E-state index in [1.165, 1.54) is 31.2 Å². The van der Waals surface area contributed by atoms with E-state index in [1.54, 1.807) is 6.07 Å². The Kier molecular flexibility index (Phi) is 6.23. The van der Waals surface area contributed by atoms with Crippen LogP contribution in [-0.4, -0.2) is 39.7 Å². The first-order valence-electron chi connectivity index (χ1n) is 10.7. The first-order valence-corrected chi connectivity index (χ1v) is 10.7. The molecule has 1 aromatic carbocycles. The van der Waals surface area contributed by atoms with Crippen LogP contribution in [0.3, 0.4) is 0 Å². The highest BCUT2D eigenvalue weighted by Gasteiger charge is 2.20. The number of likely N-dealkylation sites (tertiary alicyclic amines) is 1. The third-order valence-electron chi connectivity index (χ3n) is 6.24. The number of aromatic nitrogens is 2. The average molecular weight is 382 g/mol.